The molecule has 0 heterocycles. The summed E-state index contributed by atoms with van der Waals surface area (Å²) in [6.45, 7) is 4.54. The number of carboxylic acids is 1. The van der Waals surface area contributed by atoms with Crippen molar-refractivity contribution in [1.82, 2.24) is 0 Å². The van der Waals surface area contributed by atoms with E-state index in [1.54, 1.807) is 0 Å². The quantitative estimate of drug-likeness (QED) is 0.0195. The summed E-state index contributed by atoms with van der Waals surface area (Å²) in [5, 5.41) is 11.9. The van der Waals surface area contributed by atoms with E-state index in [2.05, 4.69) is 148 Å². The summed E-state index contributed by atoms with van der Waals surface area (Å²) in [5.41, 5.74) is 0. The number of carboxylic acid groups (broad SMARTS) is 1. The van der Waals surface area contributed by atoms with Gasteiger partial charge in [-0.2, -0.15) is 0 Å². The Morgan fingerprint density at radius 3 is 0.825 bits per heavy atom. The maximum Gasteiger partial charge on any atom is 0.306 e. The summed E-state index contributed by atoms with van der Waals surface area (Å²) >= 11 is 0. The first-order valence-electron chi connectivity index (χ1n) is 40.3. The SMILES string of the molecule is CC/C=C\C/C=C\C/C=C\C/C=C\C/C=C\C/C=C\C/C=C\CCCCCCCCCCCC(=O)OC(COC(=O)CCCCCCCCCCCCCCCCCCCCCCCCCCCCCC/C=C\C/C=C\C/C=C\C/C=C\CC)COC(OCC[N+](C)(C)C)C(=O)[O-]. The van der Waals surface area contributed by atoms with Crippen molar-refractivity contribution in [1.29, 1.82) is 0 Å². The summed E-state index contributed by atoms with van der Waals surface area (Å²) in [4.78, 5) is 37.6. The van der Waals surface area contributed by atoms with Crippen molar-refractivity contribution in [3.8, 4) is 0 Å². The zero-order valence-corrected chi connectivity index (χ0v) is 63.7. The Labute approximate surface area is 599 Å². The fourth-order valence-electron chi connectivity index (χ4n) is 11.3. The van der Waals surface area contributed by atoms with Crippen molar-refractivity contribution in [3.05, 3.63) is 134 Å². The van der Waals surface area contributed by atoms with Gasteiger partial charge in [-0.15, -0.1) is 0 Å². The minimum atomic E-state index is -1.63. The van der Waals surface area contributed by atoms with Crippen LogP contribution in [0.15, 0.2) is 134 Å². The molecule has 0 aromatic rings. The molecular weight excluding hydrogens is 1200 g/mol. The van der Waals surface area contributed by atoms with Crippen LogP contribution in [0, 0.1) is 0 Å². The number of quaternary nitrogens is 1. The molecule has 0 rings (SSSR count). The van der Waals surface area contributed by atoms with Gasteiger partial charge in [-0.25, -0.2) is 0 Å². The smallest absolute Gasteiger partial charge is 0.306 e. The van der Waals surface area contributed by atoms with Crippen LogP contribution >= 0.6 is 0 Å². The Morgan fingerprint density at radius 2 is 0.557 bits per heavy atom. The van der Waals surface area contributed by atoms with Crippen LogP contribution in [-0.4, -0.2) is 82.3 Å². The predicted molar refractivity (Wildman–Crippen MR) is 416 cm³/mol. The molecule has 0 aliphatic carbocycles. The molecule has 9 heteroatoms. The highest BCUT2D eigenvalue weighted by atomic mass is 16.7. The number of unbranched alkanes of at least 4 members (excludes halogenated alkanes) is 37. The third kappa shape index (κ3) is 78.6. The zero-order chi connectivity index (χ0) is 70.4. The first-order valence-corrected chi connectivity index (χ1v) is 40.3. The monoisotopic (exact) mass is 1350 g/mol. The second-order valence-corrected chi connectivity index (χ2v) is 27.9. The van der Waals surface area contributed by atoms with Crippen LogP contribution < -0.4 is 5.11 Å². The lowest BCUT2D eigenvalue weighted by Gasteiger charge is -2.26. The van der Waals surface area contributed by atoms with Crippen LogP contribution in [0.25, 0.3) is 0 Å². The van der Waals surface area contributed by atoms with E-state index in [1.165, 1.54) is 199 Å². The molecule has 0 N–H and O–H groups in total. The number of allylic oxidation sites excluding steroid dienone is 22. The lowest BCUT2D eigenvalue weighted by Crippen LogP contribution is -2.44. The fourth-order valence-corrected chi connectivity index (χ4v) is 11.3. The molecule has 0 amide bonds. The Hall–Kier alpha value is -4.57. The number of rotatable bonds is 74. The third-order valence-corrected chi connectivity index (χ3v) is 17.4. The van der Waals surface area contributed by atoms with Gasteiger partial charge in [0.1, 0.15) is 13.2 Å². The van der Waals surface area contributed by atoms with Gasteiger partial charge in [-0.3, -0.25) is 9.59 Å². The number of carbonyl (C=O) groups excluding carboxylic acids is 3. The molecule has 2 atom stereocenters. The molecule has 0 fully saturated rings. The van der Waals surface area contributed by atoms with Gasteiger partial charge in [0.05, 0.1) is 40.3 Å². The van der Waals surface area contributed by atoms with Crippen LogP contribution in [0.5, 0.6) is 0 Å². The zero-order valence-electron chi connectivity index (χ0n) is 63.7. The van der Waals surface area contributed by atoms with E-state index in [0.717, 1.165) is 116 Å². The van der Waals surface area contributed by atoms with Gasteiger partial charge in [0, 0.05) is 12.8 Å². The Balaban J connectivity index is 4.00. The predicted octanol–water partition coefficient (Wildman–Crippen LogP) is 24.7. The van der Waals surface area contributed by atoms with Crippen molar-refractivity contribution < 1.29 is 42.9 Å². The van der Waals surface area contributed by atoms with Crippen LogP contribution in [-0.2, 0) is 33.3 Å². The minimum Gasteiger partial charge on any atom is -0.545 e. The average Bonchev–Trinajstić information content (AvgIpc) is 2.39. The molecule has 0 aliphatic rings. The first-order chi connectivity index (χ1) is 47.6. The van der Waals surface area contributed by atoms with Gasteiger partial charge < -0.3 is 33.3 Å². The normalized spacial score (nSPS) is 13.4. The molecule has 0 aromatic heterocycles. The average molecular weight is 1350 g/mol. The van der Waals surface area contributed by atoms with Gasteiger partial charge >= 0.3 is 11.9 Å². The van der Waals surface area contributed by atoms with Crippen LogP contribution in [0.3, 0.4) is 0 Å². The van der Waals surface area contributed by atoms with E-state index >= 15 is 0 Å². The van der Waals surface area contributed by atoms with Gasteiger partial charge in [0.2, 0.25) is 0 Å². The molecule has 556 valence electrons. The second-order valence-electron chi connectivity index (χ2n) is 27.9. The van der Waals surface area contributed by atoms with E-state index in [1.807, 2.05) is 21.1 Å². The maximum atomic E-state index is 13.0. The highest BCUT2D eigenvalue weighted by Gasteiger charge is 2.22. The van der Waals surface area contributed by atoms with Crippen molar-refractivity contribution >= 4 is 17.9 Å². The molecular formula is C88H151NO8. The third-order valence-electron chi connectivity index (χ3n) is 17.4. The number of esters is 2. The number of nitrogens with zero attached hydrogens (tertiary/aromatic N) is 1. The van der Waals surface area contributed by atoms with E-state index in [4.69, 9.17) is 18.9 Å². The van der Waals surface area contributed by atoms with Crippen LogP contribution in [0.1, 0.15) is 348 Å². The van der Waals surface area contributed by atoms with Crippen molar-refractivity contribution in [2.75, 3.05) is 47.5 Å². The minimum absolute atomic E-state index is 0.143. The molecule has 0 aromatic carbocycles. The summed E-state index contributed by atoms with van der Waals surface area (Å²) in [6, 6.07) is 0. The molecule has 0 saturated heterocycles. The molecule has 0 spiro atoms. The standard InChI is InChI=1S/C88H151NO8/c1-6-8-10-12-14-16-18-20-22-24-26-28-30-32-34-36-38-39-40-41-42-43-44-45-46-47-49-50-52-54-56-58-60-62-64-66-68-70-72-74-76-78-85(90)95-82-84(83-96-88(87(92)93)94-81-80-89(3,4)5)97-86(91)79-77-75-73-71-69-67-65-63-61-59-57-55-53-51-48-37-35-33-31-29-27-25-23-21-19-17-15-13-11-9-7-2/h8-11,14-17,20-23,26-29,33,35,48,51,55,57,84,88H,6-7,12-13,18-19,24-25,30-32,34,36-47,49-50,52-54,56,58-83H2,1-5H3/b10-8-,11-9-,16-14-,17-15-,22-20-,23-21-,28-26-,29-27-,35-33-,51-48-,57-55-. The highest BCUT2D eigenvalue weighted by molar-refractivity contribution is 5.70. The summed E-state index contributed by atoms with van der Waals surface area (Å²) < 4.78 is 22.9. The number of likely N-dealkylation sites (N-methyl/N-ethyl adjacent to an activating group) is 1. The summed E-state index contributed by atoms with van der Waals surface area (Å²) in [5.74, 6) is -2.28. The van der Waals surface area contributed by atoms with E-state index in [-0.39, 0.29) is 38.6 Å². The molecule has 0 bridgehead atoms. The van der Waals surface area contributed by atoms with Crippen molar-refractivity contribution in [2.24, 2.45) is 0 Å². The van der Waals surface area contributed by atoms with Crippen molar-refractivity contribution in [3.63, 3.8) is 0 Å². The number of hydrogen-bond acceptors (Lipinski definition) is 8. The Bertz CT molecular complexity index is 2060. The number of ether oxygens (including phenoxy) is 4. The lowest BCUT2D eigenvalue weighted by molar-refractivity contribution is -0.870. The van der Waals surface area contributed by atoms with Gasteiger partial charge in [-0.05, 0) is 109 Å². The maximum absolute atomic E-state index is 13.0. The summed E-state index contributed by atoms with van der Waals surface area (Å²) in [7, 11) is 5.93. The Kier molecular flexibility index (Phi) is 73.5. The molecule has 9 nitrogen and oxygen atoms in total. The second kappa shape index (κ2) is 77.2. The number of hydrogen-bond donors (Lipinski definition) is 0. The highest BCUT2D eigenvalue weighted by Crippen LogP contribution is 2.19. The largest absolute Gasteiger partial charge is 0.545 e. The van der Waals surface area contributed by atoms with Crippen LogP contribution in [0.2, 0.25) is 0 Å². The summed E-state index contributed by atoms with van der Waals surface area (Å²) in [6.07, 6.45) is 109. The van der Waals surface area contributed by atoms with Crippen molar-refractivity contribution in [2.45, 2.75) is 360 Å². The van der Waals surface area contributed by atoms with Gasteiger partial charge in [0.15, 0.2) is 12.4 Å². The van der Waals surface area contributed by atoms with Gasteiger partial charge in [-0.1, -0.05) is 359 Å². The molecule has 97 heavy (non-hydrogen) atoms. The van der Waals surface area contributed by atoms with Gasteiger partial charge in [0.25, 0.3) is 0 Å². The Morgan fingerprint density at radius 1 is 0.309 bits per heavy atom. The van der Waals surface area contributed by atoms with Crippen LogP contribution in [0.4, 0.5) is 0 Å². The first kappa shape index (κ1) is 92.4. The molecule has 0 aliphatic heterocycles. The van der Waals surface area contributed by atoms with E-state index in [9.17, 15) is 19.5 Å². The lowest BCUT2D eigenvalue weighted by atomic mass is 10.0. The topological polar surface area (TPSA) is 111 Å². The fraction of sp³-hybridized carbons (Fsp3) is 0.716. The molecule has 0 saturated carbocycles. The molecule has 0 radical (unpaired) electrons. The number of aliphatic carboxylic acids is 1. The van der Waals surface area contributed by atoms with E-state index < -0.39 is 24.3 Å². The number of carbonyl (C=O) groups is 3. The van der Waals surface area contributed by atoms with E-state index in [0.29, 0.717) is 17.4 Å². The molecule has 2 unspecified atom stereocenters.